The van der Waals surface area contributed by atoms with Crippen molar-refractivity contribution in [2.75, 3.05) is 6.61 Å². The molecule has 0 aromatic carbocycles. The van der Waals surface area contributed by atoms with Crippen LogP contribution in [0.1, 0.15) is 71.6 Å². The summed E-state index contributed by atoms with van der Waals surface area (Å²) in [5.74, 6) is 1.92. The third-order valence-corrected chi connectivity index (χ3v) is 3.36. The van der Waals surface area contributed by atoms with E-state index in [1.807, 2.05) is 0 Å². The Morgan fingerprint density at radius 3 is 2.38 bits per heavy atom. The average Bonchev–Trinajstić information content (AvgIpc) is 2.41. The first-order chi connectivity index (χ1) is 9.88. The first kappa shape index (κ1) is 18.0. The number of ether oxygens (including phenoxy) is 1. The molecule has 0 saturated carbocycles. The van der Waals surface area contributed by atoms with Crippen LogP contribution in [0.5, 0.6) is 5.88 Å². The Balaban J connectivity index is 2.68. The van der Waals surface area contributed by atoms with Crippen molar-refractivity contribution in [1.82, 2.24) is 10.3 Å². The molecule has 120 valence electrons. The molecule has 0 radical (unpaired) electrons. The second-order valence-corrected chi connectivity index (χ2v) is 6.81. The molecule has 3 nitrogen and oxygen atoms in total. The highest BCUT2D eigenvalue weighted by Crippen LogP contribution is 2.19. The third kappa shape index (κ3) is 7.47. The van der Waals surface area contributed by atoms with E-state index in [1.54, 1.807) is 0 Å². The van der Waals surface area contributed by atoms with Gasteiger partial charge in [-0.2, -0.15) is 0 Å². The van der Waals surface area contributed by atoms with E-state index in [0.717, 1.165) is 37.1 Å². The van der Waals surface area contributed by atoms with Gasteiger partial charge in [0, 0.05) is 24.3 Å². The van der Waals surface area contributed by atoms with Gasteiger partial charge in [0.25, 0.3) is 0 Å². The van der Waals surface area contributed by atoms with Crippen molar-refractivity contribution in [2.24, 2.45) is 5.92 Å². The van der Waals surface area contributed by atoms with Crippen molar-refractivity contribution < 1.29 is 4.74 Å². The van der Waals surface area contributed by atoms with E-state index >= 15 is 0 Å². The van der Waals surface area contributed by atoms with Crippen molar-refractivity contribution in [3.8, 4) is 5.88 Å². The average molecular weight is 292 g/mol. The van der Waals surface area contributed by atoms with Gasteiger partial charge in [0.05, 0.1) is 6.61 Å². The summed E-state index contributed by atoms with van der Waals surface area (Å²) in [4.78, 5) is 4.63. The zero-order valence-corrected chi connectivity index (χ0v) is 14.6. The molecule has 3 heteroatoms. The molecular weight excluding hydrogens is 260 g/mol. The Morgan fingerprint density at radius 1 is 1.10 bits per heavy atom. The van der Waals surface area contributed by atoms with Gasteiger partial charge in [-0.25, -0.2) is 4.98 Å². The molecule has 0 amide bonds. The van der Waals surface area contributed by atoms with Gasteiger partial charge in [-0.3, -0.25) is 0 Å². The van der Waals surface area contributed by atoms with Crippen molar-refractivity contribution in [3.05, 3.63) is 23.4 Å². The molecule has 1 aromatic rings. The standard InChI is InChI=1S/C18H32N2O/c1-13(2)8-7-9-21-18-11-16(12-19-15(5)6)10-17(20-18)14(3)4/h10-11,13-15,19H,7-9,12H2,1-6H3. The Kier molecular flexibility index (Phi) is 7.73. The van der Waals surface area contributed by atoms with E-state index in [1.165, 1.54) is 12.0 Å². The van der Waals surface area contributed by atoms with Crippen LogP contribution in [0, 0.1) is 5.92 Å². The predicted molar refractivity (Wildman–Crippen MR) is 89.9 cm³/mol. The van der Waals surface area contributed by atoms with E-state index in [2.05, 4.69) is 64.0 Å². The monoisotopic (exact) mass is 292 g/mol. The molecule has 21 heavy (non-hydrogen) atoms. The molecule has 0 spiro atoms. The van der Waals surface area contributed by atoms with Gasteiger partial charge < -0.3 is 10.1 Å². The van der Waals surface area contributed by atoms with Crippen LogP contribution in [0.25, 0.3) is 0 Å². The summed E-state index contributed by atoms with van der Waals surface area (Å²) >= 11 is 0. The van der Waals surface area contributed by atoms with Crippen molar-refractivity contribution in [3.63, 3.8) is 0 Å². The normalized spacial score (nSPS) is 11.7. The Hall–Kier alpha value is -1.09. The van der Waals surface area contributed by atoms with E-state index in [4.69, 9.17) is 4.74 Å². The second kappa shape index (κ2) is 9.04. The SMILES string of the molecule is CC(C)CCCOc1cc(CNC(C)C)cc(C(C)C)n1. The predicted octanol–water partition coefficient (Wildman–Crippen LogP) is 4.52. The van der Waals surface area contributed by atoms with Crippen LogP contribution in [-0.4, -0.2) is 17.6 Å². The van der Waals surface area contributed by atoms with Crippen LogP contribution < -0.4 is 10.1 Å². The highest BCUT2D eigenvalue weighted by molar-refractivity contribution is 5.26. The Bertz CT molecular complexity index is 414. The van der Waals surface area contributed by atoms with Crippen LogP contribution in [0.4, 0.5) is 0 Å². The summed E-state index contributed by atoms with van der Waals surface area (Å²) in [6.07, 6.45) is 2.29. The number of nitrogens with one attached hydrogen (secondary N) is 1. The largest absolute Gasteiger partial charge is 0.478 e. The summed E-state index contributed by atoms with van der Waals surface area (Å²) in [6, 6.07) is 4.73. The van der Waals surface area contributed by atoms with E-state index < -0.39 is 0 Å². The summed E-state index contributed by atoms with van der Waals surface area (Å²) in [7, 11) is 0. The van der Waals surface area contributed by atoms with Gasteiger partial charge in [0.2, 0.25) is 5.88 Å². The van der Waals surface area contributed by atoms with Gasteiger partial charge in [0.15, 0.2) is 0 Å². The molecule has 0 saturated heterocycles. The fourth-order valence-corrected chi connectivity index (χ4v) is 2.04. The minimum atomic E-state index is 0.419. The van der Waals surface area contributed by atoms with Crippen LogP contribution in [0.2, 0.25) is 0 Å². The summed E-state index contributed by atoms with van der Waals surface area (Å²) in [6.45, 7) is 14.8. The highest BCUT2D eigenvalue weighted by atomic mass is 16.5. The van der Waals surface area contributed by atoms with Gasteiger partial charge in [0.1, 0.15) is 0 Å². The van der Waals surface area contributed by atoms with E-state index in [9.17, 15) is 0 Å². The summed E-state index contributed by atoms with van der Waals surface area (Å²) < 4.78 is 5.86. The van der Waals surface area contributed by atoms with Gasteiger partial charge >= 0.3 is 0 Å². The number of hydrogen-bond donors (Lipinski definition) is 1. The topological polar surface area (TPSA) is 34.1 Å². The Morgan fingerprint density at radius 2 is 1.81 bits per heavy atom. The van der Waals surface area contributed by atoms with Crippen LogP contribution >= 0.6 is 0 Å². The molecule has 0 fully saturated rings. The minimum Gasteiger partial charge on any atom is -0.478 e. The first-order valence-electron chi connectivity index (χ1n) is 8.25. The van der Waals surface area contributed by atoms with Crippen molar-refractivity contribution >= 4 is 0 Å². The molecule has 1 heterocycles. The molecule has 1 N–H and O–H groups in total. The fraction of sp³-hybridized carbons (Fsp3) is 0.722. The van der Waals surface area contributed by atoms with Crippen LogP contribution in [-0.2, 0) is 6.54 Å². The number of hydrogen-bond acceptors (Lipinski definition) is 3. The van der Waals surface area contributed by atoms with E-state index in [-0.39, 0.29) is 0 Å². The molecule has 0 unspecified atom stereocenters. The lowest BCUT2D eigenvalue weighted by Crippen LogP contribution is -2.22. The lowest BCUT2D eigenvalue weighted by Gasteiger charge is -2.14. The van der Waals surface area contributed by atoms with Crippen LogP contribution in [0.3, 0.4) is 0 Å². The molecule has 0 aliphatic rings. The van der Waals surface area contributed by atoms with Crippen molar-refractivity contribution in [1.29, 1.82) is 0 Å². The van der Waals surface area contributed by atoms with Gasteiger partial charge in [-0.05, 0) is 36.3 Å². The molecule has 1 rings (SSSR count). The van der Waals surface area contributed by atoms with Gasteiger partial charge in [-0.15, -0.1) is 0 Å². The lowest BCUT2D eigenvalue weighted by molar-refractivity contribution is 0.285. The second-order valence-electron chi connectivity index (χ2n) is 6.81. The zero-order chi connectivity index (χ0) is 15.8. The fourth-order valence-electron chi connectivity index (χ4n) is 2.04. The molecule has 0 atom stereocenters. The number of rotatable bonds is 9. The highest BCUT2D eigenvalue weighted by Gasteiger charge is 2.08. The molecular formula is C18H32N2O. The Labute approximate surface area is 130 Å². The summed E-state index contributed by atoms with van der Waals surface area (Å²) in [5, 5.41) is 3.45. The van der Waals surface area contributed by atoms with Crippen molar-refractivity contribution in [2.45, 2.75) is 72.9 Å². The van der Waals surface area contributed by atoms with Gasteiger partial charge in [-0.1, -0.05) is 41.5 Å². The maximum absolute atomic E-state index is 5.86. The molecule has 0 aliphatic carbocycles. The minimum absolute atomic E-state index is 0.419. The first-order valence-corrected chi connectivity index (χ1v) is 8.25. The number of pyridine rings is 1. The third-order valence-electron chi connectivity index (χ3n) is 3.36. The maximum atomic E-state index is 5.86. The maximum Gasteiger partial charge on any atom is 0.213 e. The smallest absolute Gasteiger partial charge is 0.213 e. The number of nitrogens with zero attached hydrogens (tertiary/aromatic N) is 1. The zero-order valence-electron chi connectivity index (χ0n) is 14.6. The summed E-state index contributed by atoms with van der Waals surface area (Å²) in [5.41, 5.74) is 2.36. The molecule has 1 aromatic heterocycles. The lowest BCUT2D eigenvalue weighted by atomic mass is 10.1. The molecule has 0 aliphatic heterocycles. The molecule has 0 bridgehead atoms. The number of aromatic nitrogens is 1. The van der Waals surface area contributed by atoms with E-state index in [0.29, 0.717) is 12.0 Å². The quantitative estimate of drug-likeness (QED) is 0.680. The van der Waals surface area contributed by atoms with Crippen LogP contribution in [0.15, 0.2) is 12.1 Å².